The average Bonchev–Trinajstić information content (AvgIpc) is 2.38. The maximum Gasteiger partial charge on any atom is 0.243 e. The summed E-state index contributed by atoms with van der Waals surface area (Å²) in [6, 6.07) is 3.45. The number of hydrogen-bond donors (Lipinski definition) is 3. The largest absolute Gasteiger partial charge is 0.346 e. The molecule has 0 fully saturated rings. The summed E-state index contributed by atoms with van der Waals surface area (Å²) in [5, 5.41) is 5.10. The summed E-state index contributed by atoms with van der Waals surface area (Å²) in [6.07, 6.45) is 0.560. The number of carbonyl (C=O) groups is 2. The van der Waals surface area contributed by atoms with Gasteiger partial charge in [0.15, 0.2) is 0 Å². The third-order valence-corrected chi connectivity index (χ3v) is 2.95. The standard InChI is InChI=1S/C15H22FN3O2/c1-9(2)6-12(17)15(21)18-8-14(20)19-13-5-4-11(16)7-10(13)3/h4-5,7,9,12H,6,8,17H2,1-3H3,(H,18,21)(H,19,20)/t12-/m1/s1. The van der Waals surface area contributed by atoms with Crippen molar-refractivity contribution in [3.63, 3.8) is 0 Å². The lowest BCUT2D eigenvalue weighted by atomic mass is 10.0. The van der Waals surface area contributed by atoms with Gasteiger partial charge in [-0.25, -0.2) is 4.39 Å². The van der Waals surface area contributed by atoms with Crippen LogP contribution in [0, 0.1) is 18.7 Å². The molecule has 0 spiro atoms. The maximum atomic E-state index is 12.9. The Kier molecular flexibility index (Phi) is 6.30. The van der Waals surface area contributed by atoms with Crippen LogP contribution >= 0.6 is 0 Å². The molecule has 0 saturated carbocycles. The highest BCUT2D eigenvalue weighted by Crippen LogP contribution is 2.15. The van der Waals surface area contributed by atoms with Crippen LogP contribution in [-0.2, 0) is 9.59 Å². The molecule has 5 nitrogen and oxygen atoms in total. The van der Waals surface area contributed by atoms with Crippen molar-refractivity contribution in [2.24, 2.45) is 11.7 Å². The van der Waals surface area contributed by atoms with Crippen molar-refractivity contribution in [3.05, 3.63) is 29.6 Å². The Morgan fingerprint density at radius 1 is 1.33 bits per heavy atom. The predicted molar refractivity (Wildman–Crippen MR) is 80.2 cm³/mol. The Hall–Kier alpha value is -1.95. The van der Waals surface area contributed by atoms with Crippen LogP contribution in [0.5, 0.6) is 0 Å². The minimum atomic E-state index is -0.620. The highest BCUT2D eigenvalue weighted by molar-refractivity contribution is 5.95. The van der Waals surface area contributed by atoms with E-state index >= 15 is 0 Å². The smallest absolute Gasteiger partial charge is 0.243 e. The van der Waals surface area contributed by atoms with E-state index in [1.54, 1.807) is 6.92 Å². The van der Waals surface area contributed by atoms with E-state index in [1.807, 2.05) is 13.8 Å². The van der Waals surface area contributed by atoms with Gasteiger partial charge in [0, 0.05) is 5.69 Å². The van der Waals surface area contributed by atoms with Crippen LogP contribution in [0.15, 0.2) is 18.2 Å². The fourth-order valence-corrected chi connectivity index (χ4v) is 1.88. The summed E-state index contributed by atoms with van der Waals surface area (Å²) in [5.41, 5.74) is 6.84. The number of halogens is 1. The minimum Gasteiger partial charge on any atom is -0.346 e. The van der Waals surface area contributed by atoms with Gasteiger partial charge in [0.25, 0.3) is 0 Å². The Morgan fingerprint density at radius 2 is 2.00 bits per heavy atom. The number of nitrogens with two attached hydrogens (primary N) is 1. The van der Waals surface area contributed by atoms with Gasteiger partial charge in [-0.05, 0) is 43.0 Å². The molecule has 0 aliphatic carbocycles. The SMILES string of the molecule is Cc1cc(F)ccc1NC(=O)CNC(=O)[C@H](N)CC(C)C. The minimum absolute atomic E-state index is 0.165. The second kappa shape index (κ2) is 7.73. The second-order valence-corrected chi connectivity index (χ2v) is 5.46. The number of rotatable bonds is 6. The molecule has 0 bridgehead atoms. The highest BCUT2D eigenvalue weighted by atomic mass is 19.1. The van der Waals surface area contributed by atoms with Crippen LogP contribution in [0.1, 0.15) is 25.8 Å². The molecular weight excluding hydrogens is 273 g/mol. The van der Waals surface area contributed by atoms with Crippen molar-refractivity contribution < 1.29 is 14.0 Å². The lowest BCUT2D eigenvalue weighted by Crippen LogP contribution is -2.44. The van der Waals surface area contributed by atoms with Gasteiger partial charge in [-0.2, -0.15) is 0 Å². The second-order valence-electron chi connectivity index (χ2n) is 5.46. The molecule has 2 amide bonds. The molecule has 0 aliphatic heterocycles. The Balaban J connectivity index is 2.45. The Morgan fingerprint density at radius 3 is 2.57 bits per heavy atom. The van der Waals surface area contributed by atoms with Crippen LogP contribution in [-0.4, -0.2) is 24.4 Å². The topological polar surface area (TPSA) is 84.2 Å². The molecule has 0 saturated heterocycles. The van der Waals surface area contributed by atoms with Crippen LogP contribution < -0.4 is 16.4 Å². The van der Waals surface area contributed by atoms with Gasteiger partial charge < -0.3 is 16.4 Å². The molecule has 1 atom stereocenters. The molecule has 1 aromatic carbocycles. The molecule has 21 heavy (non-hydrogen) atoms. The summed E-state index contributed by atoms with van der Waals surface area (Å²) in [4.78, 5) is 23.4. The van der Waals surface area contributed by atoms with E-state index in [4.69, 9.17) is 5.73 Å². The summed E-state index contributed by atoms with van der Waals surface area (Å²) >= 11 is 0. The van der Waals surface area contributed by atoms with E-state index in [0.29, 0.717) is 23.6 Å². The van der Waals surface area contributed by atoms with Crippen molar-refractivity contribution in [2.75, 3.05) is 11.9 Å². The molecule has 1 rings (SSSR count). The van der Waals surface area contributed by atoms with Gasteiger partial charge in [0.2, 0.25) is 11.8 Å². The fraction of sp³-hybridized carbons (Fsp3) is 0.467. The first-order chi connectivity index (χ1) is 9.79. The predicted octanol–water partition coefficient (Wildman–Crippen LogP) is 1.56. The molecule has 116 valence electrons. The van der Waals surface area contributed by atoms with Crippen molar-refractivity contribution in [3.8, 4) is 0 Å². The first-order valence-corrected chi connectivity index (χ1v) is 6.89. The van der Waals surface area contributed by atoms with Crippen molar-refractivity contribution >= 4 is 17.5 Å². The molecule has 0 unspecified atom stereocenters. The average molecular weight is 295 g/mol. The van der Waals surface area contributed by atoms with Crippen LogP contribution in [0.3, 0.4) is 0 Å². The first kappa shape index (κ1) is 17.1. The fourth-order valence-electron chi connectivity index (χ4n) is 1.88. The highest BCUT2D eigenvalue weighted by Gasteiger charge is 2.15. The number of carbonyl (C=O) groups excluding carboxylic acids is 2. The molecule has 0 heterocycles. The number of anilines is 1. The van der Waals surface area contributed by atoms with E-state index in [9.17, 15) is 14.0 Å². The Bertz CT molecular complexity index is 518. The first-order valence-electron chi connectivity index (χ1n) is 6.89. The van der Waals surface area contributed by atoms with Gasteiger partial charge in [-0.3, -0.25) is 9.59 Å². The van der Waals surface area contributed by atoms with Gasteiger partial charge in [-0.1, -0.05) is 13.8 Å². The number of nitrogens with one attached hydrogen (secondary N) is 2. The van der Waals surface area contributed by atoms with Gasteiger partial charge in [-0.15, -0.1) is 0 Å². The van der Waals surface area contributed by atoms with E-state index in [-0.39, 0.29) is 24.2 Å². The summed E-state index contributed by atoms with van der Waals surface area (Å²) in [7, 11) is 0. The molecular formula is C15H22FN3O2. The van der Waals surface area contributed by atoms with E-state index in [2.05, 4.69) is 10.6 Å². The summed E-state index contributed by atoms with van der Waals surface area (Å²) in [6.45, 7) is 5.46. The Labute approximate surface area is 124 Å². The normalized spacial score (nSPS) is 12.1. The lowest BCUT2D eigenvalue weighted by molar-refractivity contribution is -0.125. The zero-order chi connectivity index (χ0) is 16.0. The van der Waals surface area contributed by atoms with Crippen LogP contribution in [0.4, 0.5) is 10.1 Å². The van der Waals surface area contributed by atoms with Crippen LogP contribution in [0.2, 0.25) is 0 Å². The molecule has 1 aromatic rings. The molecule has 6 heteroatoms. The number of hydrogen-bond acceptors (Lipinski definition) is 3. The van der Waals surface area contributed by atoms with E-state index < -0.39 is 6.04 Å². The van der Waals surface area contributed by atoms with Crippen molar-refractivity contribution in [1.29, 1.82) is 0 Å². The summed E-state index contributed by atoms with van der Waals surface area (Å²) < 4.78 is 12.9. The van der Waals surface area contributed by atoms with Gasteiger partial charge in [0.1, 0.15) is 5.82 Å². The molecule has 4 N–H and O–H groups in total. The van der Waals surface area contributed by atoms with E-state index in [1.165, 1.54) is 18.2 Å². The maximum absolute atomic E-state index is 12.9. The molecule has 0 radical (unpaired) electrons. The van der Waals surface area contributed by atoms with E-state index in [0.717, 1.165) is 0 Å². The monoisotopic (exact) mass is 295 g/mol. The van der Waals surface area contributed by atoms with Crippen LogP contribution in [0.25, 0.3) is 0 Å². The van der Waals surface area contributed by atoms with Gasteiger partial charge >= 0.3 is 0 Å². The lowest BCUT2D eigenvalue weighted by Gasteiger charge is -2.14. The third-order valence-electron chi connectivity index (χ3n) is 2.95. The molecule has 0 aliphatic rings. The molecule has 0 aromatic heterocycles. The van der Waals surface area contributed by atoms with Gasteiger partial charge in [0.05, 0.1) is 12.6 Å². The zero-order valence-electron chi connectivity index (χ0n) is 12.6. The quantitative estimate of drug-likeness (QED) is 0.744. The number of benzene rings is 1. The summed E-state index contributed by atoms with van der Waals surface area (Å²) in [5.74, 6) is -0.788. The van der Waals surface area contributed by atoms with Crippen molar-refractivity contribution in [1.82, 2.24) is 5.32 Å². The number of amides is 2. The third kappa shape index (κ3) is 5.91. The van der Waals surface area contributed by atoms with Crippen molar-refractivity contribution in [2.45, 2.75) is 33.2 Å². The zero-order valence-corrected chi connectivity index (χ0v) is 12.6. The number of aryl methyl sites for hydroxylation is 1.